The number of hydrogen-bond acceptors (Lipinski definition) is 5. The van der Waals surface area contributed by atoms with Crippen molar-refractivity contribution in [2.24, 2.45) is 16.3 Å². The maximum Gasteiger partial charge on any atom is 0.335 e. The van der Waals surface area contributed by atoms with E-state index >= 15 is 0 Å². The van der Waals surface area contributed by atoms with E-state index in [0.717, 1.165) is 6.42 Å². The van der Waals surface area contributed by atoms with Crippen molar-refractivity contribution >= 4 is 11.9 Å². The zero-order valence-corrected chi connectivity index (χ0v) is 12.3. The van der Waals surface area contributed by atoms with Gasteiger partial charge in [0.25, 0.3) is 0 Å². The average molecular weight is 269 g/mol. The minimum absolute atomic E-state index is 0.0537. The summed E-state index contributed by atoms with van der Waals surface area (Å²) in [7, 11) is 1.54. The van der Waals surface area contributed by atoms with E-state index in [2.05, 4.69) is 4.99 Å². The molecule has 1 N–H and O–H groups in total. The van der Waals surface area contributed by atoms with Gasteiger partial charge in [-0.1, -0.05) is 20.8 Å². The molecule has 0 unspecified atom stereocenters. The Balaban J connectivity index is 2.47. The number of hydrogen-bond donors (Lipinski definition) is 1. The lowest BCUT2D eigenvalue weighted by Gasteiger charge is -2.51. The first-order valence-electron chi connectivity index (χ1n) is 6.70. The molecule has 1 aliphatic carbocycles. The highest BCUT2D eigenvalue weighted by atomic mass is 16.6. The maximum atomic E-state index is 12.4. The number of ether oxygens (including phenoxy) is 2. The molecule has 2 rings (SSSR count). The summed E-state index contributed by atoms with van der Waals surface area (Å²) in [4.78, 5) is 16.9. The third kappa shape index (κ3) is 1.78. The van der Waals surface area contributed by atoms with Crippen LogP contribution < -0.4 is 0 Å². The Morgan fingerprint density at radius 3 is 2.53 bits per heavy atom. The number of methoxy groups -OCH3 is 1. The van der Waals surface area contributed by atoms with Crippen LogP contribution in [0.15, 0.2) is 4.99 Å². The molecule has 19 heavy (non-hydrogen) atoms. The van der Waals surface area contributed by atoms with Crippen molar-refractivity contribution < 1.29 is 19.4 Å². The molecule has 1 saturated carbocycles. The van der Waals surface area contributed by atoms with Crippen LogP contribution in [0.2, 0.25) is 0 Å². The fraction of sp³-hybridized carbons (Fsp3) is 0.857. The molecule has 2 aliphatic rings. The van der Waals surface area contributed by atoms with E-state index in [4.69, 9.17) is 9.47 Å². The van der Waals surface area contributed by atoms with Crippen molar-refractivity contribution in [2.75, 3.05) is 13.7 Å². The number of aliphatic imine (C=N–C) groups is 1. The van der Waals surface area contributed by atoms with Gasteiger partial charge in [-0.15, -0.1) is 0 Å². The Labute approximate surface area is 114 Å². The molecule has 0 saturated heterocycles. The van der Waals surface area contributed by atoms with Crippen molar-refractivity contribution in [3.8, 4) is 0 Å². The van der Waals surface area contributed by atoms with Crippen molar-refractivity contribution in [1.82, 2.24) is 0 Å². The molecule has 0 aromatic heterocycles. The summed E-state index contributed by atoms with van der Waals surface area (Å²) < 4.78 is 11.1. The summed E-state index contributed by atoms with van der Waals surface area (Å²) in [6.07, 6.45) is 1.41. The molecule has 0 radical (unpaired) electrons. The molecule has 108 valence electrons. The van der Waals surface area contributed by atoms with E-state index in [9.17, 15) is 9.90 Å². The summed E-state index contributed by atoms with van der Waals surface area (Å²) in [6, 6.07) is 0. The van der Waals surface area contributed by atoms with Crippen LogP contribution in [-0.4, -0.2) is 41.8 Å². The topological polar surface area (TPSA) is 68.1 Å². The normalized spacial score (nSPS) is 38.5. The molecule has 0 amide bonds. The monoisotopic (exact) mass is 269 g/mol. The van der Waals surface area contributed by atoms with Gasteiger partial charge in [-0.3, -0.25) is 0 Å². The predicted molar refractivity (Wildman–Crippen MR) is 70.9 cm³/mol. The highest BCUT2D eigenvalue weighted by Gasteiger charge is 2.62. The van der Waals surface area contributed by atoms with Crippen LogP contribution in [-0.2, 0) is 14.3 Å². The van der Waals surface area contributed by atoms with Gasteiger partial charge in [-0.05, 0) is 19.8 Å². The molecular weight excluding hydrogens is 246 g/mol. The Morgan fingerprint density at radius 1 is 1.53 bits per heavy atom. The molecule has 1 aliphatic heterocycles. The van der Waals surface area contributed by atoms with Crippen molar-refractivity contribution in [1.29, 1.82) is 0 Å². The van der Waals surface area contributed by atoms with E-state index < -0.39 is 11.1 Å². The quantitative estimate of drug-likeness (QED) is 0.733. The van der Waals surface area contributed by atoms with Gasteiger partial charge in [-0.25, -0.2) is 9.79 Å². The van der Waals surface area contributed by atoms with Gasteiger partial charge in [0.05, 0.1) is 7.11 Å². The van der Waals surface area contributed by atoms with Crippen LogP contribution in [0.1, 0.15) is 40.5 Å². The lowest BCUT2D eigenvalue weighted by Crippen LogP contribution is -2.65. The number of esters is 1. The number of aliphatic hydroxyl groups is 1. The van der Waals surface area contributed by atoms with Gasteiger partial charge in [0.15, 0.2) is 11.1 Å². The molecule has 1 spiro atoms. The molecule has 1 heterocycles. The third-order valence-electron chi connectivity index (χ3n) is 4.75. The number of carbonyl (C=O) groups excluding carboxylic acids is 1. The average Bonchev–Trinajstić information content (AvgIpc) is 2.27. The van der Waals surface area contributed by atoms with E-state index in [1.165, 1.54) is 0 Å². The van der Waals surface area contributed by atoms with E-state index in [-0.39, 0.29) is 23.9 Å². The SMILES string of the molecule is COC1=N[C@]2(CC[C@@H]2CO)C(=O)O[C@]1(C)C(C)(C)C. The summed E-state index contributed by atoms with van der Waals surface area (Å²) in [5.74, 6) is -0.0524. The highest BCUT2D eigenvalue weighted by Crippen LogP contribution is 2.49. The smallest absolute Gasteiger partial charge is 0.335 e. The molecular formula is C14H23NO4. The number of carbonyl (C=O) groups is 1. The third-order valence-corrected chi connectivity index (χ3v) is 4.75. The van der Waals surface area contributed by atoms with Crippen LogP contribution >= 0.6 is 0 Å². The summed E-state index contributed by atoms with van der Waals surface area (Å²) in [5, 5.41) is 9.35. The predicted octanol–water partition coefficient (Wildman–Crippen LogP) is 1.53. The number of cyclic esters (lactones) is 1. The van der Waals surface area contributed by atoms with Gasteiger partial charge in [0.1, 0.15) is 0 Å². The van der Waals surface area contributed by atoms with Gasteiger partial charge < -0.3 is 14.6 Å². The molecule has 0 aromatic carbocycles. The second kappa shape index (κ2) is 4.20. The van der Waals surface area contributed by atoms with Crippen molar-refractivity contribution in [2.45, 2.75) is 51.7 Å². The Bertz CT molecular complexity index is 424. The van der Waals surface area contributed by atoms with Gasteiger partial charge >= 0.3 is 5.97 Å². The largest absolute Gasteiger partial charge is 0.481 e. The van der Waals surface area contributed by atoms with Crippen molar-refractivity contribution in [3.63, 3.8) is 0 Å². The Morgan fingerprint density at radius 2 is 2.16 bits per heavy atom. The first-order valence-corrected chi connectivity index (χ1v) is 6.70. The van der Waals surface area contributed by atoms with Crippen LogP contribution in [0.5, 0.6) is 0 Å². The van der Waals surface area contributed by atoms with Gasteiger partial charge in [0.2, 0.25) is 5.90 Å². The summed E-state index contributed by atoms with van der Waals surface area (Å²) >= 11 is 0. The number of nitrogens with zero attached hydrogens (tertiary/aromatic N) is 1. The van der Waals surface area contributed by atoms with E-state index in [0.29, 0.717) is 12.3 Å². The van der Waals surface area contributed by atoms with Gasteiger partial charge in [-0.2, -0.15) is 0 Å². The minimum atomic E-state index is -0.926. The zero-order valence-electron chi connectivity index (χ0n) is 12.3. The Kier molecular flexibility index (Phi) is 3.16. The molecule has 1 fully saturated rings. The van der Waals surface area contributed by atoms with Crippen molar-refractivity contribution in [3.05, 3.63) is 0 Å². The van der Waals surface area contributed by atoms with Crippen LogP contribution in [0.3, 0.4) is 0 Å². The fourth-order valence-electron chi connectivity index (χ4n) is 2.65. The first-order chi connectivity index (χ1) is 8.71. The molecule has 0 aromatic rings. The van der Waals surface area contributed by atoms with Crippen LogP contribution in [0, 0.1) is 11.3 Å². The second-order valence-electron chi connectivity index (χ2n) is 6.64. The van der Waals surface area contributed by atoms with Crippen LogP contribution in [0.4, 0.5) is 0 Å². The molecule has 3 atom stereocenters. The fourth-order valence-corrected chi connectivity index (χ4v) is 2.65. The van der Waals surface area contributed by atoms with Gasteiger partial charge in [0, 0.05) is 17.9 Å². The Hall–Kier alpha value is -1.10. The maximum absolute atomic E-state index is 12.4. The molecule has 5 nitrogen and oxygen atoms in total. The lowest BCUT2D eigenvalue weighted by molar-refractivity contribution is -0.181. The second-order valence-corrected chi connectivity index (χ2v) is 6.64. The number of aliphatic hydroxyl groups excluding tert-OH is 1. The lowest BCUT2D eigenvalue weighted by atomic mass is 9.65. The standard InChI is InChI=1S/C14H23NO4/c1-12(2,3)13(4)10(18-5)15-14(11(17)19-13)7-6-9(14)8-16/h9,16H,6-8H2,1-5H3/t9-,13+,14+/m1/s1. The van der Waals surface area contributed by atoms with E-state index in [1.54, 1.807) is 7.11 Å². The summed E-state index contributed by atoms with van der Waals surface area (Å²) in [5.41, 5.74) is -2.12. The number of rotatable bonds is 1. The zero-order chi connectivity index (χ0) is 14.5. The first kappa shape index (κ1) is 14.3. The summed E-state index contributed by atoms with van der Waals surface area (Å²) in [6.45, 7) is 7.72. The molecule has 0 bridgehead atoms. The highest BCUT2D eigenvalue weighted by molar-refractivity contribution is 5.97. The van der Waals surface area contributed by atoms with E-state index in [1.807, 2.05) is 27.7 Å². The van der Waals surface area contributed by atoms with Crippen LogP contribution in [0.25, 0.3) is 0 Å². The molecule has 5 heteroatoms. The minimum Gasteiger partial charge on any atom is -0.481 e.